The number of nitrogens with one attached hydrogen (secondary N) is 1. The first-order valence-corrected chi connectivity index (χ1v) is 7.38. The van der Waals surface area contributed by atoms with Gasteiger partial charge in [-0.3, -0.25) is 4.68 Å². The van der Waals surface area contributed by atoms with Gasteiger partial charge in [-0.25, -0.2) is 0 Å². The summed E-state index contributed by atoms with van der Waals surface area (Å²) in [5.41, 5.74) is 1.73. The molecule has 1 aliphatic carbocycles. The van der Waals surface area contributed by atoms with Crippen molar-refractivity contribution >= 4 is 0 Å². The minimum absolute atomic E-state index is 0.462. The van der Waals surface area contributed by atoms with Crippen molar-refractivity contribution in [3.05, 3.63) is 18.0 Å². The van der Waals surface area contributed by atoms with Gasteiger partial charge in [0, 0.05) is 18.8 Å². The van der Waals surface area contributed by atoms with E-state index >= 15 is 0 Å². The molecule has 0 radical (unpaired) electrons. The lowest BCUT2D eigenvalue weighted by Gasteiger charge is -2.27. The van der Waals surface area contributed by atoms with E-state index in [9.17, 15) is 0 Å². The van der Waals surface area contributed by atoms with Crippen LogP contribution < -0.4 is 5.32 Å². The maximum absolute atomic E-state index is 4.76. The van der Waals surface area contributed by atoms with Crippen LogP contribution in [0.4, 0.5) is 0 Å². The van der Waals surface area contributed by atoms with Gasteiger partial charge in [0.25, 0.3) is 0 Å². The first kappa shape index (κ1) is 13.6. The van der Waals surface area contributed by atoms with E-state index in [1.807, 2.05) is 0 Å². The van der Waals surface area contributed by atoms with Gasteiger partial charge in [0.1, 0.15) is 0 Å². The molecule has 0 saturated heterocycles. The molecule has 0 aliphatic heterocycles. The zero-order chi connectivity index (χ0) is 13.0. The molecule has 1 saturated carbocycles. The molecule has 0 amide bonds. The predicted molar refractivity (Wildman–Crippen MR) is 75.8 cm³/mol. The van der Waals surface area contributed by atoms with Gasteiger partial charge in [-0.15, -0.1) is 0 Å². The summed E-state index contributed by atoms with van der Waals surface area (Å²) in [5.74, 6) is 0. The second kappa shape index (κ2) is 5.87. The number of nitrogens with zero attached hydrogens (tertiary/aromatic N) is 2. The fraction of sp³-hybridized carbons (Fsp3) is 0.800. The van der Waals surface area contributed by atoms with E-state index in [2.05, 4.69) is 43.2 Å². The largest absolute Gasteiger partial charge is 0.319 e. The van der Waals surface area contributed by atoms with Crippen LogP contribution in [0.25, 0.3) is 0 Å². The third-order valence-electron chi connectivity index (χ3n) is 4.48. The molecule has 2 rings (SSSR count). The molecule has 18 heavy (non-hydrogen) atoms. The Morgan fingerprint density at radius 1 is 1.44 bits per heavy atom. The highest BCUT2D eigenvalue weighted by Crippen LogP contribution is 2.40. The second-order valence-electron chi connectivity index (χ2n) is 5.96. The van der Waals surface area contributed by atoms with Crippen molar-refractivity contribution in [3.8, 4) is 0 Å². The van der Waals surface area contributed by atoms with E-state index in [1.165, 1.54) is 31.4 Å². The minimum Gasteiger partial charge on any atom is -0.319 e. The van der Waals surface area contributed by atoms with Crippen LogP contribution in [-0.4, -0.2) is 23.4 Å². The molecule has 0 spiro atoms. The molecular weight excluding hydrogens is 222 g/mol. The lowest BCUT2D eigenvalue weighted by molar-refractivity contribution is 0.281. The highest BCUT2D eigenvalue weighted by atomic mass is 15.3. The van der Waals surface area contributed by atoms with Crippen LogP contribution in [0.2, 0.25) is 0 Å². The van der Waals surface area contributed by atoms with Gasteiger partial charge >= 0.3 is 0 Å². The van der Waals surface area contributed by atoms with Gasteiger partial charge < -0.3 is 5.32 Å². The van der Waals surface area contributed by atoms with Gasteiger partial charge in [-0.05, 0) is 51.1 Å². The molecule has 1 aromatic heterocycles. The molecule has 0 aromatic carbocycles. The molecule has 1 aliphatic rings. The summed E-state index contributed by atoms with van der Waals surface area (Å²) in [6, 6.07) is 2.73. The van der Waals surface area contributed by atoms with Crippen molar-refractivity contribution in [1.29, 1.82) is 0 Å². The topological polar surface area (TPSA) is 29.9 Å². The van der Waals surface area contributed by atoms with Crippen molar-refractivity contribution in [2.24, 2.45) is 5.41 Å². The van der Waals surface area contributed by atoms with Gasteiger partial charge in [-0.2, -0.15) is 5.10 Å². The Labute approximate surface area is 111 Å². The SMILES string of the molecule is CCC(C)n1ccc(CC2(CNC)CCCC2)n1. The van der Waals surface area contributed by atoms with Crippen LogP contribution in [-0.2, 0) is 6.42 Å². The summed E-state index contributed by atoms with van der Waals surface area (Å²) in [7, 11) is 2.07. The Kier molecular flexibility index (Phi) is 4.44. The Morgan fingerprint density at radius 2 is 2.17 bits per heavy atom. The van der Waals surface area contributed by atoms with Crippen LogP contribution >= 0.6 is 0 Å². The molecule has 1 unspecified atom stereocenters. The summed E-state index contributed by atoms with van der Waals surface area (Å²) < 4.78 is 2.12. The highest BCUT2D eigenvalue weighted by Gasteiger charge is 2.33. The van der Waals surface area contributed by atoms with Crippen molar-refractivity contribution in [1.82, 2.24) is 15.1 Å². The average Bonchev–Trinajstić information content (AvgIpc) is 2.99. The van der Waals surface area contributed by atoms with Crippen LogP contribution in [0, 0.1) is 5.41 Å². The van der Waals surface area contributed by atoms with Gasteiger partial charge in [0.05, 0.1) is 5.69 Å². The molecule has 1 heterocycles. The lowest BCUT2D eigenvalue weighted by Crippen LogP contribution is -2.32. The van der Waals surface area contributed by atoms with Crippen LogP contribution in [0.3, 0.4) is 0 Å². The standard InChI is InChI=1S/C15H27N3/c1-4-13(2)18-10-7-14(17-18)11-15(12-16-3)8-5-6-9-15/h7,10,13,16H,4-6,8-9,11-12H2,1-3H3. The van der Waals surface area contributed by atoms with Crippen molar-refractivity contribution < 1.29 is 0 Å². The third kappa shape index (κ3) is 2.94. The second-order valence-corrected chi connectivity index (χ2v) is 5.96. The smallest absolute Gasteiger partial charge is 0.0630 e. The average molecular weight is 249 g/mol. The van der Waals surface area contributed by atoms with E-state index in [-0.39, 0.29) is 0 Å². The summed E-state index contributed by atoms with van der Waals surface area (Å²) in [4.78, 5) is 0. The first-order chi connectivity index (χ1) is 8.69. The fourth-order valence-electron chi connectivity index (χ4n) is 3.20. The lowest BCUT2D eigenvalue weighted by atomic mass is 9.81. The van der Waals surface area contributed by atoms with Gasteiger partial charge in [0.2, 0.25) is 0 Å². The molecular formula is C15H27N3. The first-order valence-electron chi connectivity index (χ1n) is 7.38. The normalized spacial score (nSPS) is 20.2. The van der Waals surface area contributed by atoms with E-state index in [1.54, 1.807) is 0 Å². The number of aromatic nitrogens is 2. The predicted octanol–water partition coefficient (Wildman–Crippen LogP) is 3.18. The van der Waals surface area contributed by atoms with E-state index in [0.717, 1.165) is 19.4 Å². The van der Waals surface area contributed by atoms with Crippen molar-refractivity contribution in [2.75, 3.05) is 13.6 Å². The maximum atomic E-state index is 4.76. The number of hydrogen-bond donors (Lipinski definition) is 1. The Morgan fingerprint density at radius 3 is 2.78 bits per heavy atom. The van der Waals surface area contributed by atoms with Gasteiger partial charge in [0.15, 0.2) is 0 Å². The third-order valence-corrected chi connectivity index (χ3v) is 4.48. The van der Waals surface area contributed by atoms with E-state index in [0.29, 0.717) is 11.5 Å². The Balaban J connectivity index is 2.05. The molecule has 1 atom stereocenters. The molecule has 3 nitrogen and oxygen atoms in total. The maximum Gasteiger partial charge on any atom is 0.0630 e. The molecule has 1 aromatic rings. The zero-order valence-corrected chi connectivity index (χ0v) is 12.1. The van der Waals surface area contributed by atoms with Crippen LogP contribution in [0.5, 0.6) is 0 Å². The van der Waals surface area contributed by atoms with E-state index in [4.69, 9.17) is 5.10 Å². The number of hydrogen-bond acceptors (Lipinski definition) is 2. The minimum atomic E-state index is 0.462. The van der Waals surface area contributed by atoms with Crippen molar-refractivity contribution in [3.63, 3.8) is 0 Å². The molecule has 1 N–H and O–H groups in total. The van der Waals surface area contributed by atoms with E-state index < -0.39 is 0 Å². The summed E-state index contributed by atoms with van der Waals surface area (Å²) in [6.45, 7) is 5.57. The summed E-state index contributed by atoms with van der Waals surface area (Å²) in [5, 5.41) is 8.14. The highest BCUT2D eigenvalue weighted by molar-refractivity contribution is 5.05. The Hall–Kier alpha value is -0.830. The quantitative estimate of drug-likeness (QED) is 0.839. The monoisotopic (exact) mass is 249 g/mol. The molecule has 3 heteroatoms. The van der Waals surface area contributed by atoms with Gasteiger partial charge in [-0.1, -0.05) is 19.8 Å². The van der Waals surface area contributed by atoms with Crippen LogP contribution in [0.15, 0.2) is 12.3 Å². The summed E-state index contributed by atoms with van der Waals surface area (Å²) in [6.07, 6.45) is 9.89. The molecule has 1 fully saturated rings. The van der Waals surface area contributed by atoms with Crippen LogP contribution in [0.1, 0.15) is 57.7 Å². The fourth-order valence-corrected chi connectivity index (χ4v) is 3.20. The Bertz CT molecular complexity index is 364. The molecule has 0 bridgehead atoms. The van der Waals surface area contributed by atoms with Crippen molar-refractivity contribution in [2.45, 2.75) is 58.4 Å². The zero-order valence-electron chi connectivity index (χ0n) is 12.1. The molecule has 102 valence electrons. The number of rotatable bonds is 6. The summed E-state index contributed by atoms with van der Waals surface area (Å²) >= 11 is 0.